The van der Waals surface area contributed by atoms with Crippen molar-refractivity contribution in [1.29, 1.82) is 0 Å². The number of nitrogens with zero attached hydrogens (tertiary/aromatic N) is 2. The molecule has 0 aliphatic heterocycles. The van der Waals surface area contributed by atoms with Gasteiger partial charge >= 0.3 is 6.18 Å². The molecule has 2 fully saturated rings. The molecule has 2 saturated carbocycles. The number of hydrogen-bond donors (Lipinski definition) is 2. The standard InChI is InChI=1S/C13H17F3N4/c14-13(15,16)10-7-17-12(19-9-5-2-6-9)20-11(10)18-8-3-1-4-8/h7-9H,1-6H2,(H2,17,18,19,20). The highest BCUT2D eigenvalue weighted by molar-refractivity contribution is 5.50. The van der Waals surface area contributed by atoms with Gasteiger partial charge < -0.3 is 10.6 Å². The molecular formula is C13H17F3N4. The Bertz CT molecular complexity index is 481. The Balaban J connectivity index is 1.81. The van der Waals surface area contributed by atoms with Crippen LogP contribution in [-0.4, -0.2) is 22.1 Å². The highest BCUT2D eigenvalue weighted by Gasteiger charge is 2.36. The minimum atomic E-state index is -4.43. The van der Waals surface area contributed by atoms with E-state index in [1.54, 1.807) is 0 Å². The summed E-state index contributed by atoms with van der Waals surface area (Å²) in [6.45, 7) is 0. The van der Waals surface area contributed by atoms with Crippen LogP contribution in [0.2, 0.25) is 0 Å². The first-order chi connectivity index (χ1) is 9.52. The highest BCUT2D eigenvalue weighted by Crippen LogP contribution is 2.35. The van der Waals surface area contributed by atoms with Gasteiger partial charge in [0.2, 0.25) is 5.95 Å². The SMILES string of the molecule is FC(F)(F)c1cnc(NC2CCC2)nc1NC1CCC1. The Hall–Kier alpha value is -1.53. The Morgan fingerprint density at radius 3 is 2.10 bits per heavy atom. The fourth-order valence-electron chi connectivity index (χ4n) is 2.25. The summed E-state index contributed by atoms with van der Waals surface area (Å²) >= 11 is 0. The van der Waals surface area contributed by atoms with Crippen molar-refractivity contribution in [3.63, 3.8) is 0 Å². The number of nitrogens with one attached hydrogen (secondary N) is 2. The predicted octanol–water partition coefficient (Wildman–Crippen LogP) is 3.42. The second kappa shape index (κ2) is 5.10. The van der Waals surface area contributed by atoms with Crippen LogP contribution in [0.4, 0.5) is 24.9 Å². The number of halogens is 3. The molecule has 0 atom stereocenters. The molecule has 0 aromatic carbocycles. The van der Waals surface area contributed by atoms with Crippen molar-refractivity contribution in [2.24, 2.45) is 0 Å². The molecule has 0 saturated heterocycles. The van der Waals surface area contributed by atoms with E-state index in [2.05, 4.69) is 20.6 Å². The molecule has 0 unspecified atom stereocenters. The van der Waals surface area contributed by atoms with Gasteiger partial charge in [0.15, 0.2) is 0 Å². The van der Waals surface area contributed by atoms with Crippen LogP contribution in [0.5, 0.6) is 0 Å². The van der Waals surface area contributed by atoms with Crippen LogP contribution < -0.4 is 10.6 Å². The number of aromatic nitrogens is 2. The summed E-state index contributed by atoms with van der Waals surface area (Å²) < 4.78 is 38.9. The summed E-state index contributed by atoms with van der Waals surface area (Å²) in [5.41, 5.74) is -0.788. The van der Waals surface area contributed by atoms with Crippen molar-refractivity contribution in [3.8, 4) is 0 Å². The van der Waals surface area contributed by atoms with Crippen LogP contribution in [0.25, 0.3) is 0 Å². The lowest BCUT2D eigenvalue weighted by molar-refractivity contribution is -0.137. The highest BCUT2D eigenvalue weighted by atomic mass is 19.4. The van der Waals surface area contributed by atoms with Crippen molar-refractivity contribution in [1.82, 2.24) is 9.97 Å². The summed E-state index contributed by atoms with van der Waals surface area (Å²) in [6.07, 6.45) is 2.48. The third-order valence-electron chi connectivity index (χ3n) is 3.98. The van der Waals surface area contributed by atoms with Crippen LogP contribution >= 0.6 is 0 Å². The largest absolute Gasteiger partial charge is 0.421 e. The normalized spacial score (nSPS) is 20.1. The van der Waals surface area contributed by atoms with Gasteiger partial charge in [-0.05, 0) is 38.5 Å². The average Bonchev–Trinajstić information content (AvgIpc) is 2.27. The average molecular weight is 286 g/mol. The Morgan fingerprint density at radius 2 is 1.60 bits per heavy atom. The molecule has 0 bridgehead atoms. The van der Waals surface area contributed by atoms with Crippen molar-refractivity contribution in [2.75, 3.05) is 10.6 Å². The monoisotopic (exact) mass is 286 g/mol. The van der Waals surface area contributed by atoms with E-state index in [0.29, 0.717) is 6.04 Å². The molecule has 0 spiro atoms. The topological polar surface area (TPSA) is 49.8 Å². The van der Waals surface area contributed by atoms with Gasteiger partial charge in [0.05, 0.1) is 0 Å². The Morgan fingerprint density at radius 1 is 1.00 bits per heavy atom. The third kappa shape index (κ3) is 2.81. The zero-order valence-electron chi connectivity index (χ0n) is 11.0. The first-order valence-electron chi connectivity index (χ1n) is 6.99. The molecule has 4 nitrogen and oxygen atoms in total. The van der Waals surface area contributed by atoms with Gasteiger partial charge in [0.1, 0.15) is 11.4 Å². The molecule has 0 amide bonds. The van der Waals surface area contributed by atoms with Gasteiger partial charge in [-0.3, -0.25) is 0 Å². The molecule has 20 heavy (non-hydrogen) atoms. The summed E-state index contributed by atoms with van der Waals surface area (Å²) in [4.78, 5) is 7.83. The summed E-state index contributed by atoms with van der Waals surface area (Å²) in [7, 11) is 0. The second-order valence-corrected chi connectivity index (χ2v) is 5.50. The van der Waals surface area contributed by atoms with Crippen molar-refractivity contribution in [3.05, 3.63) is 11.8 Å². The number of anilines is 2. The zero-order valence-corrected chi connectivity index (χ0v) is 11.0. The molecule has 2 aliphatic carbocycles. The predicted molar refractivity (Wildman–Crippen MR) is 69.6 cm³/mol. The maximum absolute atomic E-state index is 13.0. The minimum Gasteiger partial charge on any atom is -0.367 e. The van der Waals surface area contributed by atoms with Gasteiger partial charge in [0, 0.05) is 18.3 Å². The van der Waals surface area contributed by atoms with Crippen LogP contribution in [0.15, 0.2) is 6.20 Å². The quantitative estimate of drug-likeness (QED) is 0.890. The van der Waals surface area contributed by atoms with E-state index in [0.717, 1.165) is 44.7 Å². The van der Waals surface area contributed by atoms with E-state index in [4.69, 9.17) is 0 Å². The van der Waals surface area contributed by atoms with Crippen molar-refractivity contribution >= 4 is 11.8 Å². The van der Waals surface area contributed by atoms with Crippen LogP contribution in [0, 0.1) is 0 Å². The molecular weight excluding hydrogens is 269 g/mol. The summed E-state index contributed by atoms with van der Waals surface area (Å²) in [6, 6.07) is 0.394. The van der Waals surface area contributed by atoms with E-state index < -0.39 is 11.7 Å². The molecule has 2 N–H and O–H groups in total. The van der Waals surface area contributed by atoms with Gasteiger partial charge in [0.25, 0.3) is 0 Å². The smallest absolute Gasteiger partial charge is 0.367 e. The maximum atomic E-state index is 13.0. The number of hydrogen-bond acceptors (Lipinski definition) is 4. The number of alkyl halides is 3. The van der Waals surface area contributed by atoms with Crippen molar-refractivity contribution in [2.45, 2.75) is 56.8 Å². The molecule has 3 rings (SSSR count). The fraction of sp³-hybridized carbons (Fsp3) is 0.692. The molecule has 1 heterocycles. The van der Waals surface area contributed by atoms with E-state index in [-0.39, 0.29) is 17.8 Å². The number of rotatable bonds is 4. The van der Waals surface area contributed by atoms with E-state index in [1.807, 2.05) is 0 Å². The second-order valence-electron chi connectivity index (χ2n) is 5.50. The minimum absolute atomic E-state index is 0.0981. The van der Waals surface area contributed by atoms with E-state index in [1.165, 1.54) is 0 Å². The molecule has 1 aromatic rings. The Kier molecular flexibility index (Phi) is 3.43. The fourth-order valence-corrected chi connectivity index (χ4v) is 2.25. The molecule has 7 heteroatoms. The summed E-state index contributed by atoms with van der Waals surface area (Å²) in [5, 5.41) is 5.97. The first-order valence-corrected chi connectivity index (χ1v) is 6.99. The van der Waals surface area contributed by atoms with Gasteiger partial charge in [-0.15, -0.1) is 0 Å². The maximum Gasteiger partial charge on any atom is 0.421 e. The molecule has 110 valence electrons. The van der Waals surface area contributed by atoms with Crippen LogP contribution in [-0.2, 0) is 6.18 Å². The lowest BCUT2D eigenvalue weighted by Crippen LogP contribution is -2.31. The third-order valence-corrected chi connectivity index (χ3v) is 3.98. The zero-order chi connectivity index (χ0) is 14.2. The van der Waals surface area contributed by atoms with Gasteiger partial charge in [-0.25, -0.2) is 4.98 Å². The van der Waals surface area contributed by atoms with E-state index in [9.17, 15) is 13.2 Å². The van der Waals surface area contributed by atoms with Gasteiger partial charge in [-0.1, -0.05) is 0 Å². The molecule has 1 aromatic heterocycles. The lowest BCUT2D eigenvalue weighted by Gasteiger charge is -2.29. The van der Waals surface area contributed by atoms with Crippen LogP contribution in [0.1, 0.15) is 44.1 Å². The van der Waals surface area contributed by atoms with Crippen LogP contribution in [0.3, 0.4) is 0 Å². The van der Waals surface area contributed by atoms with Gasteiger partial charge in [-0.2, -0.15) is 18.2 Å². The van der Waals surface area contributed by atoms with Crippen molar-refractivity contribution < 1.29 is 13.2 Å². The Labute approximate surface area is 115 Å². The van der Waals surface area contributed by atoms with E-state index >= 15 is 0 Å². The molecule has 0 radical (unpaired) electrons. The first kappa shape index (κ1) is 13.5. The molecule has 2 aliphatic rings. The lowest BCUT2D eigenvalue weighted by atomic mass is 9.93. The summed E-state index contributed by atoms with van der Waals surface area (Å²) in [5.74, 6) is 0.184.